The summed E-state index contributed by atoms with van der Waals surface area (Å²) in [5.74, 6) is 0.880. The average Bonchev–Trinajstić information content (AvgIpc) is 2.89. The van der Waals surface area contributed by atoms with Crippen molar-refractivity contribution in [3.8, 4) is 0 Å². The fourth-order valence-corrected chi connectivity index (χ4v) is 6.07. The van der Waals surface area contributed by atoms with Crippen LogP contribution >= 0.6 is 11.3 Å². The van der Waals surface area contributed by atoms with Gasteiger partial charge in [-0.3, -0.25) is 4.21 Å². The molecule has 114 valence electrons. The number of sulfonamides is 1. The Morgan fingerprint density at radius 2 is 2.10 bits per heavy atom. The van der Waals surface area contributed by atoms with Crippen LogP contribution in [0.2, 0.25) is 0 Å². The molecule has 0 saturated carbocycles. The lowest BCUT2D eigenvalue weighted by molar-refractivity contribution is 0.440. The molecule has 1 aromatic rings. The van der Waals surface area contributed by atoms with Gasteiger partial charge in [-0.25, -0.2) is 8.42 Å². The van der Waals surface area contributed by atoms with Crippen molar-refractivity contribution in [2.45, 2.75) is 24.1 Å². The highest BCUT2D eigenvalue weighted by Gasteiger charge is 2.29. The van der Waals surface area contributed by atoms with E-state index in [4.69, 9.17) is 0 Å². The van der Waals surface area contributed by atoms with E-state index in [1.54, 1.807) is 6.07 Å². The van der Waals surface area contributed by atoms with Gasteiger partial charge in [0.25, 0.3) is 10.0 Å². The van der Waals surface area contributed by atoms with Gasteiger partial charge in [0.15, 0.2) is 0 Å². The van der Waals surface area contributed by atoms with E-state index in [0.717, 1.165) is 18.5 Å². The number of rotatable bonds is 6. The van der Waals surface area contributed by atoms with E-state index >= 15 is 0 Å². The second-order valence-corrected chi connectivity index (χ2v) is 9.48. The lowest BCUT2D eigenvalue weighted by Gasteiger charge is -2.24. The van der Waals surface area contributed by atoms with Gasteiger partial charge in [0, 0.05) is 41.9 Å². The number of hydrogen-bond acceptors (Lipinski definition) is 5. The zero-order valence-electron chi connectivity index (χ0n) is 11.5. The lowest BCUT2D eigenvalue weighted by Crippen LogP contribution is -2.41. The van der Waals surface area contributed by atoms with Gasteiger partial charge in [-0.1, -0.05) is 6.92 Å². The predicted octanol–water partition coefficient (Wildman–Crippen LogP) is 1.00. The number of hydrogen-bond donors (Lipinski definition) is 1. The van der Waals surface area contributed by atoms with Gasteiger partial charge in [0.2, 0.25) is 0 Å². The minimum atomic E-state index is -3.41. The van der Waals surface area contributed by atoms with Crippen molar-refractivity contribution < 1.29 is 12.6 Å². The maximum Gasteiger partial charge on any atom is 0.252 e. The summed E-state index contributed by atoms with van der Waals surface area (Å²) in [7, 11) is -4.27. The van der Waals surface area contributed by atoms with Crippen LogP contribution in [-0.4, -0.2) is 48.1 Å². The number of nitrogens with one attached hydrogen (secondary N) is 1. The Morgan fingerprint density at radius 1 is 1.40 bits per heavy atom. The van der Waals surface area contributed by atoms with Crippen LogP contribution in [0.15, 0.2) is 15.7 Å². The van der Waals surface area contributed by atoms with Crippen molar-refractivity contribution in [3.63, 3.8) is 0 Å². The van der Waals surface area contributed by atoms with Gasteiger partial charge in [-0.15, -0.1) is 11.3 Å². The molecule has 0 aromatic carbocycles. The van der Waals surface area contributed by atoms with Crippen LogP contribution in [0.3, 0.4) is 0 Å². The van der Waals surface area contributed by atoms with Crippen LogP contribution in [0.25, 0.3) is 0 Å². The highest BCUT2D eigenvalue weighted by atomic mass is 32.2. The molecule has 0 aliphatic carbocycles. The van der Waals surface area contributed by atoms with Gasteiger partial charge < -0.3 is 5.32 Å². The maximum absolute atomic E-state index is 12.5. The molecule has 1 aliphatic heterocycles. The summed E-state index contributed by atoms with van der Waals surface area (Å²) in [6.45, 7) is 4.43. The highest BCUT2D eigenvalue weighted by molar-refractivity contribution is 7.91. The van der Waals surface area contributed by atoms with Crippen LogP contribution in [0.4, 0.5) is 0 Å². The summed E-state index contributed by atoms with van der Waals surface area (Å²) in [6.07, 6.45) is 1.06. The quantitative estimate of drug-likeness (QED) is 0.787. The molecule has 1 saturated heterocycles. The van der Waals surface area contributed by atoms with E-state index in [1.165, 1.54) is 15.6 Å². The molecule has 8 heteroatoms. The molecule has 5 nitrogen and oxygen atoms in total. The number of thiophene rings is 1. The van der Waals surface area contributed by atoms with E-state index in [-0.39, 0.29) is 0 Å². The third-order valence-electron chi connectivity index (χ3n) is 3.12. The molecule has 0 unspecified atom stereocenters. The smallest absolute Gasteiger partial charge is 0.252 e. The van der Waals surface area contributed by atoms with Gasteiger partial charge in [0.1, 0.15) is 4.21 Å². The molecule has 0 radical (unpaired) electrons. The average molecular weight is 337 g/mol. The Balaban J connectivity index is 2.04. The second kappa shape index (κ2) is 7.13. The van der Waals surface area contributed by atoms with E-state index in [1.807, 2.05) is 5.38 Å². The topological polar surface area (TPSA) is 66.5 Å². The van der Waals surface area contributed by atoms with E-state index < -0.39 is 20.8 Å². The summed E-state index contributed by atoms with van der Waals surface area (Å²) in [4.78, 5) is 0. The molecule has 0 amide bonds. The first-order valence-corrected chi connectivity index (χ1v) is 10.5. The summed E-state index contributed by atoms with van der Waals surface area (Å²) in [6, 6.07) is 1.74. The Kier molecular flexibility index (Phi) is 5.74. The van der Waals surface area contributed by atoms with Crippen LogP contribution in [0, 0.1) is 0 Å². The normalized spacial score (nSPS) is 18.4. The fraction of sp³-hybridized carbons (Fsp3) is 0.667. The third kappa shape index (κ3) is 3.88. The van der Waals surface area contributed by atoms with Gasteiger partial charge in [0.05, 0.1) is 0 Å². The highest BCUT2D eigenvalue weighted by Crippen LogP contribution is 2.24. The van der Waals surface area contributed by atoms with Crippen LogP contribution < -0.4 is 5.32 Å². The molecule has 0 spiro atoms. The lowest BCUT2D eigenvalue weighted by atomic mass is 10.3. The Hall–Kier alpha value is -0.280. The van der Waals surface area contributed by atoms with Crippen LogP contribution in [-0.2, 0) is 27.4 Å². The van der Waals surface area contributed by atoms with Gasteiger partial charge in [-0.05, 0) is 30.0 Å². The predicted molar refractivity (Wildman–Crippen MR) is 83.0 cm³/mol. The van der Waals surface area contributed by atoms with Gasteiger partial charge >= 0.3 is 0 Å². The van der Waals surface area contributed by atoms with Crippen LogP contribution in [0.1, 0.15) is 18.9 Å². The van der Waals surface area contributed by atoms with Crippen molar-refractivity contribution in [2.24, 2.45) is 0 Å². The van der Waals surface area contributed by atoms with Gasteiger partial charge in [-0.2, -0.15) is 4.31 Å². The van der Waals surface area contributed by atoms with Crippen molar-refractivity contribution in [2.75, 3.05) is 31.1 Å². The minimum absolute atomic E-state index is 0.357. The fourth-order valence-electron chi connectivity index (χ4n) is 1.98. The Bertz CT molecular complexity index is 558. The maximum atomic E-state index is 12.5. The summed E-state index contributed by atoms with van der Waals surface area (Å²) in [5, 5.41) is 5.15. The molecule has 2 heterocycles. The second-order valence-electron chi connectivity index (χ2n) is 4.70. The first-order valence-electron chi connectivity index (χ1n) is 6.67. The van der Waals surface area contributed by atoms with Crippen molar-refractivity contribution in [1.29, 1.82) is 0 Å². The molecule has 1 aromatic heterocycles. The first-order chi connectivity index (χ1) is 9.54. The first kappa shape index (κ1) is 16.1. The van der Waals surface area contributed by atoms with Crippen molar-refractivity contribution in [3.05, 3.63) is 17.0 Å². The minimum Gasteiger partial charge on any atom is -0.313 e. The number of nitrogens with zero attached hydrogens (tertiary/aromatic N) is 1. The van der Waals surface area contributed by atoms with E-state index in [9.17, 15) is 12.6 Å². The van der Waals surface area contributed by atoms with E-state index in [2.05, 4.69) is 12.2 Å². The summed E-state index contributed by atoms with van der Waals surface area (Å²) < 4.78 is 38.1. The van der Waals surface area contributed by atoms with Crippen molar-refractivity contribution in [1.82, 2.24) is 9.62 Å². The molecule has 20 heavy (non-hydrogen) atoms. The molecule has 0 atom stereocenters. The largest absolute Gasteiger partial charge is 0.313 e. The van der Waals surface area contributed by atoms with E-state index in [0.29, 0.717) is 35.3 Å². The molecule has 1 fully saturated rings. The molecule has 1 N–H and O–H groups in total. The van der Waals surface area contributed by atoms with Crippen molar-refractivity contribution >= 4 is 32.2 Å². The summed E-state index contributed by atoms with van der Waals surface area (Å²) in [5.41, 5.74) is 1.00. The molecule has 0 bridgehead atoms. The molecular weight excluding hydrogens is 316 g/mol. The monoisotopic (exact) mass is 336 g/mol. The zero-order chi connectivity index (χ0) is 14.6. The SMILES string of the molecule is CCCNCc1csc(S(=O)(=O)N2CCS(=O)CC2)c1. The molecule has 2 rings (SSSR count). The summed E-state index contributed by atoms with van der Waals surface area (Å²) >= 11 is 1.26. The van der Waals surface area contributed by atoms with Crippen LogP contribution in [0.5, 0.6) is 0 Å². The third-order valence-corrected chi connectivity index (χ3v) is 7.75. The zero-order valence-corrected chi connectivity index (χ0v) is 14.0. The molecule has 1 aliphatic rings. The molecular formula is C12H20N2O3S3. The Labute approximate surface area is 126 Å². The Morgan fingerprint density at radius 3 is 2.75 bits per heavy atom. The standard InChI is InChI=1S/C12H20N2O3S3/c1-2-3-13-9-11-8-12(18-10-11)20(16,17)14-4-6-19(15)7-5-14/h8,10,13H,2-7,9H2,1H3.